The summed E-state index contributed by atoms with van der Waals surface area (Å²) in [5, 5.41) is 7.45. The van der Waals surface area contributed by atoms with Crippen molar-refractivity contribution in [3.63, 3.8) is 0 Å². The fraction of sp³-hybridized carbons (Fsp3) is 0. The van der Waals surface area contributed by atoms with Crippen molar-refractivity contribution in [1.82, 2.24) is 0 Å². The Kier molecular flexibility index (Phi) is 3.61. The molecule has 0 spiro atoms. The lowest BCUT2D eigenvalue weighted by molar-refractivity contribution is 0.102. The number of amides is 1. The molecule has 0 aliphatic rings. The highest BCUT2D eigenvalue weighted by Crippen LogP contribution is 2.19. The van der Waals surface area contributed by atoms with Crippen LogP contribution in [0.25, 0.3) is 0 Å². The van der Waals surface area contributed by atoms with Gasteiger partial charge in [-0.1, -0.05) is 6.07 Å². The maximum absolute atomic E-state index is 11.8. The fourth-order valence-corrected chi connectivity index (χ4v) is 2.16. The second kappa shape index (κ2) is 5.04. The second-order valence-corrected chi connectivity index (χ2v) is 5.54. The number of anilines is 1. The van der Waals surface area contributed by atoms with Crippen LogP contribution in [0.5, 0.6) is 0 Å². The number of primary sulfonamides is 1. The Morgan fingerprint density at radius 3 is 2.63 bits per heavy atom. The molecule has 2 aromatic rings. The van der Waals surface area contributed by atoms with Crippen LogP contribution in [0.1, 0.15) is 10.4 Å². The van der Waals surface area contributed by atoms with Gasteiger partial charge in [-0.2, -0.15) is 0 Å². The Morgan fingerprint density at radius 2 is 2.05 bits per heavy atom. The quantitative estimate of drug-likeness (QED) is 0.902. The van der Waals surface area contributed by atoms with Crippen molar-refractivity contribution in [2.45, 2.75) is 4.90 Å². The molecule has 1 amide bonds. The van der Waals surface area contributed by atoms with Gasteiger partial charge < -0.3 is 9.73 Å². The number of furan rings is 1. The zero-order valence-corrected chi connectivity index (χ0v) is 11.0. The molecule has 0 bridgehead atoms. The summed E-state index contributed by atoms with van der Waals surface area (Å²) in [5.41, 5.74) is 0.441. The van der Waals surface area contributed by atoms with Gasteiger partial charge in [0.25, 0.3) is 5.91 Å². The van der Waals surface area contributed by atoms with Crippen LogP contribution in [0.15, 0.2) is 45.9 Å². The number of hydrogen-bond donors (Lipinski definition) is 2. The minimum atomic E-state index is -3.82. The van der Waals surface area contributed by atoms with E-state index in [9.17, 15) is 13.2 Å². The van der Waals surface area contributed by atoms with E-state index < -0.39 is 15.9 Å². The van der Waals surface area contributed by atoms with Gasteiger partial charge in [-0.3, -0.25) is 4.79 Å². The predicted molar refractivity (Wildman–Crippen MR) is 69.5 cm³/mol. The highest BCUT2D eigenvalue weighted by Gasteiger charge is 2.14. The summed E-state index contributed by atoms with van der Waals surface area (Å²) in [6.07, 6.45) is 1.28. The SMILES string of the molecule is NS(=O)(=O)c1cccc(NC(=O)c2ccoc2Cl)c1. The molecule has 0 saturated carbocycles. The molecule has 19 heavy (non-hydrogen) atoms. The van der Waals surface area contributed by atoms with Crippen molar-refractivity contribution >= 4 is 33.2 Å². The first-order valence-corrected chi connectivity index (χ1v) is 6.97. The van der Waals surface area contributed by atoms with Gasteiger partial charge in [0.15, 0.2) is 0 Å². The molecule has 2 rings (SSSR count). The van der Waals surface area contributed by atoms with E-state index in [0.29, 0.717) is 0 Å². The third-order valence-corrected chi connectivity index (χ3v) is 3.49. The number of nitrogens with one attached hydrogen (secondary N) is 1. The molecular weight excluding hydrogens is 292 g/mol. The number of nitrogens with two attached hydrogens (primary N) is 1. The molecule has 0 fully saturated rings. The molecule has 0 radical (unpaired) electrons. The highest BCUT2D eigenvalue weighted by molar-refractivity contribution is 7.89. The smallest absolute Gasteiger partial charge is 0.260 e. The number of carbonyl (C=O) groups is 1. The molecule has 3 N–H and O–H groups in total. The summed E-state index contributed by atoms with van der Waals surface area (Å²) in [4.78, 5) is 11.7. The molecule has 0 unspecified atom stereocenters. The Bertz CT molecular complexity index is 724. The van der Waals surface area contributed by atoms with E-state index in [0.717, 1.165) is 0 Å². The first kappa shape index (κ1) is 13.6. The van der Waals surface area contributed by atoms with Crippen molar-refractivity contribution < 1.29 is 17.6 Å². The maximum Gasteiger partial charge on any atom is 0.260 e. The van der Waals surface area contributed by atoms with E-state index in [-0.39, 0.29) is 21.4 Å². The summed E-state index contributed by atoms with van der Waals surface area (Å²) in [6, 6.07) is 6.98. The Labute approximate surface area is 114 Å². The lowest BCUT2D eigenvalue weighted by Crippen LogP contribution is -2.14. The summed E-state index contributed by atoms with van der Waals surface area (Å²) < 4.78 is 27.2. The fourth-order valence-electron chi connectivity index (χ4n) is 1.41. The van der Waals surface area contributed by atoms with Crippen LogP contribution in [0.2, 0.25) is 5.22 Å². The number of halogens is 1. The van der Waals surface area contributed by atoms with Crippen LogP contribution < -0.4 is 10.5 Å². The lowest BCUT2D eigenvalue weighted by atomic mass is 10.3. The zero-order chi connectivity index (χ0) is 14.0. The summed E-state index contributed by atoms with van der Waals surface area (Å²) in [7, 11) is -3.82. The average molecular weight is 301 g/mol. The Balaban J connectivity index is 2.25. The van der Waals surface area contributed by atoms with Gasteiger partial charge in [-0.25, -0.2) is 13.6 Å². The van der Waals surface area contributed by atoms with E-state index in [1.807, 2.05) is 0 Å². The Morgan fingerprint density at radius 1 is 1.32 bits per heavy atom. The van der Waals surface area contributed by atoms with Gasteiger partial charge in [-0.15, -0.1) is 0 Å². The van der Waals surface area contributed by atoms with Gasteiger partial charge in [-0.05, 0) is 35.9 Å². The normalized spacial score (nSPS) is 11.3. The van der Waals surface area contributed by atoms with E-state index in [1.54, 1.807) is 0 Å². The molecule has 0 atom stereocenters. The van der Waals surface area contributed by atoms with Crippen molar-refractivity contribution in [3.05, 3.63) is 47.4 Å². The maximum atomic E-state index is 11.8. The largest absolute Gasteiger partial charge is 0.452 e. The van der Waals surface area contributed by atoms with Crippen molar-refractivity contribution in [2.75, 3.05) is 5.32 Å². The number of carbonyl (C=O) groups excluding carboxylic acids is 1. The highest BCUT2D eigenvalue weighted by atomic mass is 35.5. The van der Waals surface area contributed by atoms with E-state index in [2.05, 4.69) is 5.32 Å². The van der Waals surface area contributed by atoms with Crippen LogP contribution in [0, 0.1) is 0 Å². The van der Waals surface area contributed by atoms with Crippen molar-refractivity contribution in [2.24, 2.45) is 5.14 Å². The lowest BCUT2D eigenvalue weighted by Gasteiger charge is -2.05. The number of rotatable bonds is 3. The number of benzene rings is 1. The molecule has 0 aliphatic heterocycles. The number of hydrogen-bond acceptors (Lipinski definition) is 4. The topological polar surface area (TPSA) is 102 Å². The molecule has 1 heterocycles. The van der Waals surface area contributed by atoms with Gasteiger partial charge in [0.1, 0.15) is 0 Å². The van der Waals surface area contributed by atoms with Crippen LogP contribution >= 0.6 is 11.6 Å². The van der Waals surface area contributed by atoms with Gasteiger partial charge in [0, 0.05) is 5.69 Å². The van der Waals surface area contributed by atoms with E-state index >= 15 is 0 Å². The molecule has 0 saturated heterocycles. The molecule has 6 nitrogen and oxygen atoms in total. The summed E-state index contributed by atoms with van der Waals surface area (Å²) in [5.74, 6) is -0.509. The second-order valence-electron chi connectivity index (χ2n) is 3.63. The molecule has 100 valence electrons. The average Bonchev–Trinajstić information content (AvgIpc) is 2.75. The Hall–Kier alpha value is -1.83. The summed E-state index contributed by atoms with van der Waals surface area (Å²) in [6.45, 7) is 0. The summed E-state index contributed by atoms with van der Waals surface area (Å²) >= 11 is 5.66. The van der Waals surface area contributed by atoms with Crippen LogP contribution in [-0.4, -0.2) is 14.3 Å². The van der Waals surface area contributed by atoms with E-state index in [1.165, 1.54) is 36.6 Å². The van der Waals surface area contributed by atoms with Crippen molar-refractivity contribution in [1.29, 1.82) is 0 Å². The third-order valence-electron chi connectivity index (χ3n) is 2.28. The molecule has 0 aliphatic carbocycles. The molecule has 1 aromatic carbocycles. The molecule has 8 heteroatoms. The van der Waals surface area contributed by atoms with Crippen LogP contribution in [0.3, 0.4) is 0 Å². The zero-order valence-electron chi connectivity index (χ0n) is 9.46. The van der Waals surface area contributed by atoms with Gasteiger partial charge in [0.05, 0.1) is 16.7 Å². The van der Waals surface area contributed by atoms with Gasteiger partial charge >= 0.3 is 0 Å². The monoisotopic (exact) mass is 300 g/mol. The minimum absolute atomic E-state index is 0.0416. The molecular formula is C11H9ClN2O4S. The first-order valence-electron chi connectivity index (χ1n) is 5.05. The molecule has 1 aromatic heterocycles. The first-order chi connectivity index (χ1) is 8.88. The van der Waals surface area contributed by atoms with E-state index in [4.69, 9.17) is 21.2 Å². The standard InChI is InChI=1S/C11H9ClN2O4S/c12-10-9(4-5-18-10)11(15)14-7-2-1-3-8(6-7)19(13,16)17/h1-6H,(H,14,15)(H2,13,16,17). The van der Waals surface area contributed by atoms with Crippen LogP contribution in [0.4, 0.5) is 5.69 Å². The van der Waals surface area contributed by atoms with Crippen molar-refractivity contribution in [3.8, 4) is 0 Å². The minimum Gasteiger partial charge on any atom is -0.452 e. The third kappa shape index (κ3) is 3.14. The predicted octanol–water partition coefficient (Wildman–Crippen LogP) is 1.83. The van der Waals surface area contributed by atoms with Gasteiger partial charge in [0.2, 0.25) is 15.2 Å². The number of sulfonamides is 1. The van der Waals surface area contributed by atoms with Crippen LogP contribution in [-0.2, 0) is 10.0 Å².